The summed E-state index contributed by atoms with van der Waals surface area (Å²) in [6, 6.07) is 8.83. The van der Waals surface area contributed by atoms with Crippen molar-refractivity contribution in [1.82, 2.24) is 0 Å². The fourth-order valence-electron chi connectivity index (χ4n) is 1.79. The molecular weight excluding hydrogens is 204 g/mol. The molecule has 1 amide bonds. The fraction of sp³-hybridized carbons (Fsp3) is 0.333. The summed E-state index contributed by atoms with van der Waals surface area (Å²) < 4.78 is 0. The van der Waals surface area contributed by atoms with Gasteiger partial charge in [0.15, 0.2) is 0 Å². The van der Waals surface area contributed by atoms with Crippen molar-refractivity contribution in [2.24, 2.45) is 0 Å². The Morgan fingerprint density at radius 3 is 2.69 bits per heavy atom. The lowest BCUT2D eigenvalue weighted by Crippen LogP contribution is -2.42. The van der Waals surface area contributed by atoms with Crippen LogP contribution in [0.15, 0.2) is 24.3 Å². The van der Waals surface area contributed by atoms with E-state index < -0.39 is 6.10 Å². The highest BCUT2D eigenvalue weighted by molar-refractivity contribution is 5.94. The molecule has 0 bridgehead atoms. The Bertz CT molecular complexity index is 433. The van der Waals surface area contributed by atoms with Crippen LogP contribution in [-0.2, 0) is 4.79 Å². The molecule has 0 radical (unpaired) electrons. The molecule has 82 valence electrons. The number of piperidine rings is 1. The molecular formula is C12H12N2O2. The van der Waals surface area contributed by atoms with Gasteiger partial charge in [-0.1, -0.05) is 0 Å². The van der Waals surface area contributed by atoms with Crippen LogP contribution in [0.3, 0.4) is 0 Å². The number of carbonyl (C=O) groups is 1. The molecule has 0 spiro atoms. The summed E-state index contributed by atoms with van der Waals surface area (Å²) >= 11 is 0. The lowest BCUT2D eigenvalue weighted by molar-refractivity contribution is -0.121. The summed E-state index contributed by atoms with van der Waals surface area (Å²) in [5, 5.41) is 18.2. The van der Waals surface area contributed by atoms with Gasteiger partial charge >= 0.3 is 0 Å². The molecule has 1 fully saturated rings. The monoisotopic (exact) mass is 216 g/mol. The molecule has 1 heterocycles. The van der Waals surface area contributed by atoms with Crippen LogP contribution in [0.5, 0.6) is 0 Å². The van der Waals surface area contributed by atoms with Crippen LogP contribution in [0.1, 0.15) is 18.4 Å². The van der Waals surface area contributed by atoms with E-state index in [2.05, 4.69) is 0 Å². The van der Waals surface area contributed by atoms with Crippen molar-refractivity contribution >= 4 is 11.6 Å². The van der Waals surface area contributed by atoms with E-state index in [1.54, 1.807) is 29.2 Å². The average molecular weight is 216 g/mol. The lowest BCUT2D eigenvalue weighted by atomic mass is 10.1. The molecule has 2 rings (SSSR count). The quantitative estimate of drug-likeness (QED) is 0.763. The lowest BCUT2D eigenvalue weighted by Gasteiger charge is -2.30. The zero-order valence-corrected chi connectivity index (χ0v) is 8.76. The van der Waals surface area contributed by atoms with Crippen LogP contribution in [0, 0.1) is 11.3 Å². The average Bonchev–Trinajstić information content (AvgIpc) is 2.32. The minimum Gasteiger partial charge on any atom is -0.391 e. The standard InChI is InChI=1S/C12H12N2O2/c13-7-9-1-3-10(4-2-9)14-8-11(15)5-6-12(14)16/h1-4,11,15H,5-6,8H2. The first-order valence-electron chi connectivity index (χ1n) is 5.19. The molecule has 1 aromatic rings. The molecule has 0 saturated carbocycles. The second-order valence-corrected chi connectivity index (χ2v) is 3.86. The molecule has 0 aromatic heterocycles. The molecule has 1 aliphatic heterocycles. The van der Waals surface area contributed by atoms with Gasteiger partial charge in [0.25, 0.3) is 0 Å². The second kappa shape index (κ2) is 4.33. The van der Waals surface area contributed by atoms with E-state index in [-0.39, 0.29) is 5.91 Å². The van der Waals surface area contributed by atoms with E-state index in [0.29, 0.717) is 24.9 Å². The molecule has 1 atom stereocenters. The number of hydrogen-bond donors (Lipinski definition) is 1. The van der Waals surface area contributed by atoms with E-state index in [1.807, 2.05) is 6.07 Å². The largest absolute Gasteiger partial charge is 0.391 e. The highest BCUT2D eigenvalue weighted by Crippen LogP contribution is 2.21. The summed E-state index contributed by atoms with van der Waals surface area (Å²) in [4.78, 5) is 13.2. The Hall–Kier alpha value is -1.86. The van der Waals surface area contributed by atoms with Crippen molar-refractivity contribution in [3.8, 4) is 6.07 Å². The third-order valence-corrected chi connectivity index (χ3v) is 2.69. The zero-order valence-electron chi connectivity index (χ0n) is 8.76. The van der Waals surface area contributed by atoms with Crippen LogP contribution in [-0.4, -0.2) is 23.7 Å². The predicted molar refractivity (Wildman–Crippen MR) is 58.8 cm³/mol. The summed E-state index contributed by atoms with van der Waals surface area (Å²) in [6.45, 7) is 0.338. The topological polar surface area (TPSA) is 64.3 Å². The number of amides is 1. The van der Waals surface area contributed by atoms with Gasteiger partial charge in [-0.05, 0) is 30.7 Å². The first kappa shape index (κ1) is 10.7. The first-order chi connectivity index (χ1) is 7.70. The summed E-state index contributed by atoms with van der Waals surface area (Å²) in [5.41, 5.74) is 1.30. The minimum absolute atomic E-state index is 0.0232. The molecule has 4 heteroatoms. The number of rotatable bonds is 1. The van der Waals surface area contributed by atoms with E-state index in [9.17, 15) is 9.90 Å². The van der Waals surface area contributed by atoms with Gasteiger partial charge in [0.05, 0.1) is 24.3 Å². The van der Waals surface area contributed by atoms with Crippen molar-refractivity contribution in [3.05, 3.63) is 29.8 Å². The molecule has 0 aliphatic carbocycles. The van der Waals surface area contributed by atoms with Gasteiger partial charge in [-0.3, -0.25) is 4.79 Å². The van der Waals surface area contributed by atoms with Gasteiger partial charge in [0.1, 0.15) is 0 Å². The molecule has 4 nitrogen and oxygen atoms in total. The van der Waals surface area contributed by atoms with Crippen molar-refractivity contribution in [3.63, 3.8) is 0 Å². The molecule has 1 N–H and O–H groups in total. The summed E-state index contributed by atoms with van der Waals surface area (Å²) in [7, 11) is 0. The van der Waals surface area contributed by atoms with Crippen molar-refractivity contribution in [1.29, 1.82) is 5.26 Å². The Morgan fingerprint density at radius 1 is 1.38 bits per heavy atom. The van der Waals surface area contributed by atoms with E-state index in [1.165, 1.54) is 0 Å². The van der Waals surface area contributed by atoms with E-state index >= 15 is 0 Å². The van der Waals surface area contributed by atoms with Crippen LogP contribution in [0.25, 0.3) is 0 Å². The zero-order chi connectivity index (χ0) is 11.5. The number of aliphatic hydroxyl groups excluding tert-OH is 1. The Morgan fingerprint density at radius 2 is 2.06 bits per heavy atom. The van der Waals surface area contributed by atoms with Crippen LogP contribution in [0.2, 0.25) is 0 Å². The summed E-state index contributed by atoms with van der Waals surface area (Å²) in [5.74, 6) is 0.0232. The van der Waals surface area contributed by atoms with Crippen LogP contribution >= 0.6 is 0 Å². The number of hydrogen-bond acceptors (Lipinski definition) is 3. The van der Waals surface area contributed by atoms with Gasteiger partial charge < -0.3 is 10.0 Å². The highest BCUT2D eigenvalue weighted by atomic mass is 16.3. The molecule has 1 aromatic carbocycles. The number of aliphatic hydroxyl groups is 1. The van der Waals surface area contributed by atoms with E-state index in [0.717, 1.165) is 5.69 Å². The molecule has 1 aliphatic rings. The Balaban J connectivity index is 2.22. The number of anilines is 1. The number of β-amino-alcohol motifs (C(OH)–C–C–N with tert-alkyl or cyclic N) is 1. The number of carbonyl (C=O) groups excluding carboxylic acids is 1. The minimum atomic E-state index is -0.451. The normalized spacial score (nSPS) is 20.6. The third kappa shape index (κ3) is 2.05. The van der Waals surface area contributed by atoms with Crippen LogP contribution in [0.4, 0.5) is 5.69 Å². The smallest absolute Gasteiger partial charge is 0.227 e. The van der Waals surface area contributed by atoms with Crippen molar-refractivity contribution < 1.29 is 9.90 Å². The van der Waals surface area contributed by atoms with Gasteiger partial charge in [0, 0.05) is 12.1 Å². The number of nitrogens with zero attached hydrogens (tertiary/aromatic N) is 2. The molecule has 1 unspecified atom stereocenters. The van der Waals surface area contributed by atoms with E-state index in [4.69, 9.17) is 5.26 Å². The van der Waals surface area contributed by atoms with Crippen molar-refractivity contribution in [2.45, 2.75) is 18.9 Å². The van der Waals surface area contributed by atoms with Gasteiger partial charge in [0.2, 0.25) is 5.91 Å². The Labute approximate surface area is 93.7 Å². The highest BCUT2D eigenvalue weighted by Gasteiger charge is 2.25. The SMILES string of the molecule is N#Cc1ccc(N2CC(O)CCC2=O)cc1. The Kier molecular flexibility index (Phi) is 2.88. The molecule has 1 saturated heterocycles. The van der Waals surface area contributed by atoms with Gasteiger partial charge in [-0.25, -0.2) is 0 Å². The second-order valence-electron chi connectivity index (χ2n) is 3.86. The van der Waals surface area contributed by atoms with Crippen molar-refractivity contribution in [2.75, 3.05) is 11.4 Å². The van der Waals surface area contributed by atoms with Crippen LogP contribution < -0.4 is 4.90 Å². The first-order valence-corrected chi connectivity index (χ1v) is 5.19. The predicted octanol–water partition coefficient (Wildman–Crippen LogP) is 1.05. The number of nitriles is 1. The molecule has 16 heavy (non-hydrogen) atoms. The maximum Gasteiger partial charge on any atom is 0.227 e. The van der Waals surface area contributed by atoms with Gasteiger partial charge in [-0.15, -0.1) is 0 Å². The third-order valence-electron chi connectivity index (χ3n) is 2.69. The maximum atomic E-state index is 11.6. The fourth-order valence-corrected chi connectivity index (χ4v) is 1.79. The maximum absolute atomic E-state index is 11.6. The van der Waals surface area contributed by atoms with Gasteiger partial charge in [-0.2, -0.15) is 5.26 Å². The summed E-state index contributed by atoms with van der Waals surface area (Å²) in [6.07, 6.45) is 0.459. The number of benzene rings is 1.